The molecule has 5 heteroatoms. The summed E-state index contributed by atoms with van der Waals surface area (Å²) in [5.74, 6) is 1.29. The molecule has 92 valence electrons. The Morgan fingerprint density at radius 3 is 2.56 bits per heavy atom. The molecule has 0 amide bonds. The zero-order valence-electron chi connectivity index (χ0n) is 9.88. The summed E-state index contributed by atoms with van der Waals surface area (Å²) >= 11 is 1.68. The maximum absolute atomic E-state index is 7.32. The summed E-state index contributed by atoms with van der Waals surface area (Å²) in [6.07, 6.45) is 3.60. The molecule has 1 aromatic carbocycles. The molecule has 1 heterocycles. The van der Waals surface area contributed by atoms with Gasteiger partial charge in [-0.2, -0.15) is 0 Å². The summed E-state index contributed by atoms with van der Waals surface area (Å²) in [6.45, 7) is 0. The highest BCUT2D eigenvalue weighted by Gasteiger charge is 2.02. The van der Waals surface area contributed by atoms with Crippen molar-refractivity contribution in [1.82, 2.24) is 4.98 Å². The SMILES string of the molecule is CSc1ccc(Oc2ccnc(C(=N)N)c2)cc1. The third kappa shape index (κ3) is 3.01. The van der Waals surface area contributed by atoms with Crippen molar-refractivity contribution in [1.29, 1.82) is 5.41 Å². The fourth-order valence-corrected chi connectivity index (χ4v) is 1.81. The Labute approximate surface area is 110 Å². The second kappa shape index (κ2) is 5.55. The molecular weight excluding hydrogens is 246 g/mol. The molecular formula is C13H13N3OS. The smallest absolute Gasteiger partial charge is 0.141 e. The van der Waals surface area contributed by atoms with Crippen LogP contribution in [-0.2, 0) is 0 Å². The summed E-state index contributed by atoms with van der Waals surface area (Å²) in [6, 6.07) is 11.2. The van der Waals surface area contributed by atoms with Crippen molar-refractivity contribution in [3.05, 3.63) is 48.3 Å². The van der Waals surface area contributed by atoms with Crippen LogP contribution in [-0.4, -0.2) is 17.1 Å². The first-order chi connectivity index (χ1) is 8.69. The third-order valence-electron chi connectivity index (χ3n) is 2.30. The lowest BCUT2D eigenvalue weighted by atomic mass is 10.3. The minimum Gasteiger partial charge on any atom is -0.457 e. The largest absolute Gasteiger partial charge is 0.457 e. The number of pyridine rings is 1. The van der Waals surface area contributed by atoms with Gasteiger partial charge in [0.05, 0.1) is 0 Å². The third-order valence-corrected chi connectivity index (χ3v) is 3.05. The van der Waals surface area contributed by atoms with Crippen LogP contribution in [0.2, 0.25) is 0 Å². The summed E-state index contributed by atoms with van der Waals surface area (Å²) in [4.78, 5) is 5.16. The van der Waals surface area contributed by atoms with E-state index in [1.54, 1.807) is 30.1 Å². The maximum atomic E-state index is 7.32. The molecule has 0 spiro atoms. The lowest BCUT2D eigenvalue weighted by Crippen LogP contribution is -2.12. The van der Waals surface area contributed by atoms with Crippen molar-refractivity contribution < 1.29 is 4.74 Å². The van der Waals surface area contributed by atoms with E-state index >= 15 is 0 Å². The van der Waals surface area contributed by atoms with Crippen LogP contribution in [0.15, 0.2) is 47.5 Å². The molecule has 18 heavy (non-hydrogen) atoms. The van der Waals surface area contributed by atoms with Crippen molar-refractivity contribution in [3.63, 3.8) is 0 Å². The molecule has 3 N–H and O–H groups in total. The van der Waals surface area contributed by atoms with Crippen molar-refractivity contribution in [2.75, 3.05) is 6.26 Å². The molecule has 0 radical (unpaired) electrons. The molecule has 0 saturated carbocycles. The van der Waals surface area contributed by atoms with Crippen molar-refractivity contribution in [2.24, 2.45) is 5.73 Å². The van der Waals surface area contributed by atoms with Gasteiger partial charge in [0.2, 0.25) is 0 Å². The number of nitrogen functional groups attached to an aromatic ring is 1. The average Bonchev–Trinajstić information content (AvgIpc) is 2.40. The Kier molecular flexibility index (Phi) is 3.84. The highest BCUT2D eigenvalue weighted by molar-refractivity contribution is 7.98. The number of aromatic nitrogens is 1. The molecule has 0 aliphatic heterocycles. The Morgan fingerprint density at radius 1 is 1.22 bits per heavy atom. The number of rotatable bonds is 4. The maximum Gasteiger partial charge on any atom is 0.141 e. The minimum absolute atomic E-state index is 0.0711. The standard InChI is InChI=1S/C13H13N3OS/c1-18-11-4-2-9(3-5-11)17-10-6-7-16-12(8-10)13(14)15/h2-8H,1H3,(H3,14,15). The zero-order chi connectivity index (χ0) is 13.0. The normalized spacial score (nSPS) is 10.1. The second-order valence-corrected chi connectivity index (χ2v) is 4.45. The predicted molar refractivity (Wildman–Crippen MR) is 73.6 cm³/mol. The molecule has 0 saturated heterocycles. The van der Waals surface area contributed by atoms with Gasteiger partial charge < -0.3 is 10.5 Å². The molecule has 4 nitrogen and oxygen atoms in total. The predicted octanol–water partition coefficient (Wildman–Crippen LogP) is 2.88. The highest BCUT2D eigenvalue weighted by Crippen LogP contribution is 2.24. The van der Waals surface area contributed by atoms with Crippen LogP contribution in [0.25, 0.3) is 0 Å². The van der Waals surface area contributed by atoms with Crippen LogP contribution < -0.4 is 10.5 Å². The summed E-state index contributed by atoms with van der Waals surface area (Å²) in [5.41, 5.74) is 5.79. The van der Waals surface area contributed by atoms with Crippen molar-refractivity contribution in [2.45, 2.75) is 4.90 Å². The Morgan fingerprint density at radius 2 is 1.94 bits per heavy atom. The number of nitrogens with zero attached hydrogens (tertiary/aromatic N) is 1. The molecule has 0 atom stereocenters. The molecule has 1 aromatic heterocycles. The first-order valence-electron chi connectivity index (χ1n) is 5.31. The van der Waals surface area contributed by atoms with Crippen LogP contribution >= 0.6 is 11.8 Å². The summed E-state index contributed by atoms with van der Waals surface area (Å²) < 4.78 is 5.67. The number of thioether (sulfide) groups is 1. The molecule has 0 bridgehead atoms. The zero-order valence-corrected chi connectivity index (χ0v) is 10.7. The van der Waals surface area contributed by atoms with Gasteiger partial charge in [-0.15, -0.1) is 11.8 Å². The van der Waals surface area contributed by atoms with Gasteiger partial charge in [0, 0.05) is 17.2 Å². The van der Waals surface area contributed by atoms with E-state index in [2.05, 4.69) is 4.98 Å². The summed E-state index contributed by atoms with van der Waals surface area (Å²) in [7, 11) is 0. The van der Waals surface area contributed by atoms with E-state index in [1.165, 1.54) is 4.90 Å². The van der Waals surface area contributed by atoms with Gasteiger partial charge in [-0.05, 0) is 36.6 Å². The van der Waals surface area contributed by atoms with Crippen molar-refractivity contribution in [3.8, 4) is 11.5 Å². The Hall–Kier alpha value is -2.01. The van der Waals surface area contributed by atoms with E-state index in [1.807, 2.05) is 30.5 Å². The molecule has 2 rings (SSSR count). The summed E-state index contributed by atoms with van der Waals surface area (Å²) in [5, 5.41) is 7.32. The number of hydrogen-bond acceptors (Lipinski definition) is 4. The van der Waals surface area contributed by atoms with E-state index in [0.29, 0.717) is 11.4 Å². The van der Waals surface area contributed by atoms with Crippen LogP contribution in [0.4, 0.5) is 0 Å². The number of nitrogens with two attached hydrogens (primary N) is 1. The number of benzene rings is 1. The number of nitrogens with one attached hydrogen (secondary N) is 1. The first-order valence-corrected chi connectivity index (χ1v) is 6.54. The number of ether oxygens (including phenoxy) is 1. The minimum atomic E-state index is -0.0711. The number of hydrogen-bond donors (Lipinski definition) is 2. The Bertz CT molecular complexity index is 554. The van der Waals surface area contributed by atoms with Gasteiger partial charge in [-0.3, -0.25) is 10.4 Å². The number of amidine groups is 1. The van der Waals surface area contributed by atoms with Gasteiger partial charge in [0.15, 0.2) is 0 Å². The fourth-order valence-electron chi connectivity index (χ4n) is 1.40. The van der Waals surface area contributed by atoms with Gasteiger partial charge >= 0.3 is 0 Å². The van der Waals surface area contributed by atoms with Crippen LogP contribution in [0, 0.1) is 5.41 Å². The molecule has 0 aliphatic rings. The first kappa shape index (κ1) is 12.4. The van der Waals surface area contributed by atoms with Gasteiger partial charge in [-0.25, -0.2) is 0 Å². The lowest BCUT2D eigenvalue weighted by molar-refractivity contribution is 0.481. The van der Waals surface area contributed by atoms with Crippen LogP contribution in [0.5, 0.6) is 11.5 Å². The van der Waals surface area contributed by atoms with Gasteiger partial charge in [-0.1, -0.05) is 0 Å². The second-order valence-electron chi connectivity index (χ2n) is 3.57. The fraction of sp³-hybridized carbons (Fsp3) is 0.0769. The van der Waals surface area contributed by atoms with Gasteiger partial charge in [0.1, 0.15) is 23.0 Å². The lowest BCUT2D eigenvalue weighted by Gasteiger charge is -2.07. The van der Waals surface area contributed by atoms with Crippen LogP contribution in [0.3, 0.4) is 0 Å². The van der Waals surface area contributed by atoms with E-state index in [0.717, 1.165) is 5.75 Å². The van der Waals surface area contributed by atoms with Crippen molar-refractivity contribution >= 4 is 17.6 Å². The highest BCUT2D eigenvalue weighted by atomic mass is 32.2. The monoisotopic (exact) mass is 259 g/mol. The average molecular weight is 259 g/mol. The quantitative estimate of drug-likeness (QED) is 0.503. The van der Waals surface area contributed by atoms with E-state index < -0.39 is 0 Å². The molecule has 0 aliphatic carbocycles. The van der Waals surface area contributed by atoms with Crippen LogP contribution in [0.1, 0.15) is 5.69 Å². The molecule has 0 fully saturated rings. The molecule has 2 aromatic rings. The Balaban J connectivity index is 2.17. The molecule has 0 unspecified atom stereocenters. The van der Waals surface area contributed by atoms with E-state index in [9.17, 15) is 0 Å². The van der Waals surface area contributed by atoms with E-state index in [4.69, 9.17) is 15.9 Å². The van der Waals surface area contributed by atoms with Gasteiger partial charge in [0.25, 0.3) is 0 Å². The van der Waals surface area contributed by atoms with E-state index in [-0.39, 0.29) is 5.84 Å². The topological polar surface area (TPSA) is 72.0 Å².